The van der Waals surface area contributed by atoms with Gasteiger partial charge in [0.15, 0.2) is 0 Å². The maximum absolute atomic E-state index is 9.19. The molecule has 0 radical (unpaired) electrons. The van der Waals surface area contributed by atoms with Gasteiger partial charge in [0, 0.05) is 24.6 Å². The number of nitrogens with two attached hydrogens (primary N) is 1. The highest BCUT2D eigenvalue weighted by molar-refractivity contribution is 6.01. The largest absolute Gasteiger partial charge is 0.411 e. The third kappa shape index (κ3) is 3.13. The summed E-state index contributed by atoms with van der Waals surface area (Å²) in [4.78, 5) is 4.31. The molecule has 0 spiro atoms. The predicted molar refractivity (Wildman–Crippen MR) is 75.4 cm³/mol. The first-order valence-electron chi connectivity index (χ1n) is 6.31. The molecule has 0 unspecified atom stereocenters. The molecule has 19 heavy (non-hydrogen) atoms. The summed E-state index contributed by atoms with van der Waals surface area (Å²) in [7, 11) is 0. The second kappa shape index (κ2) is 6.04. The number of hydrogen-bond donors (Lipinski definition) is 2. The van der Waals surface area contributed by atoms with Crippen LogP contribution in [0.3, 0.4) is 0 Å². The van der Waals surface area contributed by atoms with Crippen LogP contribution in [-0.2, 0) is 13.0 Å². The molecule has 0 aliphatic heterocycles. The first-order chi connectivity index (χ1) is 9.24. The number of imidazole rings is 1. The van der Waals surface area contributed by atoms with E-state index >= 15 is 0 Å². The molecular formula is C14H18N4O. The van der Waals surface area contributed by atoms with Crippen LogP contribution in [0.15, 0.2) is 41.8 Å². The van der Waals surface area contributed by atoms with Crippen LogP contribution in [0.5, 0.6) is 0 Å². The number of hydrogen-bond acceptors (Lipinski definition) is 4. The van der Waals surface area contributed by atoms with Crippen molar-refractivity contribution in [2.24, 2.45) is 5.16 Å². The van der Waals surface area contributed by atoms with Gasteiger partial charge in [-0.15, -0.1) is 0 Å². The molecule has 0 bridgehead atoms. The summed E-state index contributed by atoms with van der Waals surface area (Å²) in [5.41, 5.74) is 7.77. The molecule has 0 aliphatic rings. The lowest BCUT2D eigenvalue weighted by atomic mass is 10.1. The minimum absolute atomic E-state index is 0.493. The third-order valence-corrected chi connectivity index (χ3v) is 2.96. The van der Waals surface area contributed by atoms with Crippen molar-refractivity contribution in [1.29, 1.82) is 0 Å². The van der Waals surface area contributed by atoms with Crippen molar-refractivity contribution in [2.45, 2.75) is 26.3 Å². The lowest BCUT2D eigenvalue weighted by molar-refractivity contribution is 0.318. The fraction of sp³-hybridized carbons (Fsp3) is 0.286. The Labute approximate surface area is 112 Å². The van der Waals surface area contributed by atoms with E-state index in [1.165, 1.54) is 0 Å². The molecule has 0 atom stereocenters. The van der Waals surface area contributed by atoms with Gasteiger partial charge >= 0.3 is 0 Å². The van der Waals surface area contributed by atoms with Crippen LogP contribution in [0.2, 0.25) is 0 Å². The Morgan fingerprint density at radius 3 is 2.74 bits per heavy atom. The molecule has 1 heterocycles. The predicted octanol–water partition coefficient (Wildman–Crippen LogP) is 2.30. The number of oxime groups is 1. The van der Waals surface area contributed by atoms with Crippen molar-refractivity contribution >= 4 is 11.4 Å². The Bertz CT molecular complexity index is 557. The monoisotopic (exact) mass is 258 g/mol. The van der Waals surface area contributed by atoms with E-state index in [1.54, 1.807) is 18.3 Å². The molecule has 100 valence electrons. The highest BCUT2D eigenvalue weighted by Gasteiger charge is 2.10. The van der Waals surface area contributed by atoms with Crippen molar-refractivity contribution in [1.82, 2.24) is 9.55 Å². The Kier molecular flexibility index (Phi) is 4.18. The number of aryl methyl sites for hydroxylation is 1. The van der Waals surface area contributed by atoms with Gasteiger partial charge < -0.3 is 15.5 Å². The first-order valence-corrected chi connectivity index (χ1v) is 6.31. The van der Waals surface area contributed by atoms with Gasteiger partial charge in [0.05, 0.1) is 12.1 Å². The van der Waals surface area contributed by atoms with E-state index in [9.17, 15) is 5.21 Å². The van der Waals surface area contributed by atoms with Crippen molar-refractivity contribution < 1.29 is 5.21 Å². The van der Waals surface area contributed by atoms with E-state index in [0.29, 0.717) is 17.8 Å². The smallest absolute Gasteiger partial charge is 0.114 e. The summed E-state index contributed by atoms with van der Waals surface area (Å²) in [5, 5.41) is 12.6. The highest BCUT2D eigenvalue weighted by atomic mass is 16.4. The molecule has 0 fully saturated rings. The topological polar surface area (TPSA) is 76.4 Å². The van der Waals surface area contributed by atoms with Gasteiger partial charge in [-0.1, -0.05) is 24.2 Å². The van der Waals surface area contributed by atoms with E-state index in [2.05, 4.69) is 21.6 Å². The lowest BCUT2D eigenvalue weighted by Gasteiger charge is -2.08. The summed E-state index contributed by atoms with van der Waals surface area (Å²) in [6.45, 7) is 3.03. The van der Waals surface area contributed by atoms with E-state index in [-0.39, 0.29) is 0 Å². The van der Waals surface area contributed by atoms with Gasteiger partial charge in [-0.2, -0.15) is 0 Å². The van der Waals surface area contributed by atoms with Gasteiger partial charge in [0.2, 0.25) is 0 Å². The number of benzene rings is 1. The van der Waals surface area contributed by atoms with Crippen LogP contribution in [-0.4, -0.2) is 20.5 Å². The number of aromatic nitrogens is 2. The quantitative estimate of drug-likeness (QED) is 0.374. The zero-order valence-corrected chi connectivity index (χ0v) is 11.0. The molecule has 0 amide bonds. The minimum Gasteiger partial charge on any atom is -0.411 e. The maximum atomic E-state index is 9.19. The molecule has 2 aromatic rings. The van der Waals surface area contributed by atoms with E-state index in [0.717, 1.165) is 24.4 Å². The molecule has 5 nitrogen and oxygen atoms in total. The van der Waals surface area contributed by atoms with Gasteiger partial charge in [-0.25, -0.2) is 4.98 Å². The zero-order valence-electron chi connectivity index (χ0n) is 11.0. The molecule has 0 aliphatic carbocycles. The highest BCUT2D eigenvalue weighted by Crippen LogP contribution is 2.11. The standard InChI is InChI=1S/C14H18N4O/c1-2-8-18-9-7-16-14(18)10-13(17-19)11-3-5-12(15)6-4-11/h3-7,9,19H,2,8,10,15H2,1H3. The number of rotatable bonds is 5. The second-order valence-corrected chi connectivity index (χ2v) is 4.38. The van der Waals surface area contributed by atoms with Crippen LogP contribution in [0.25, 0.3) is 0 Å². The number of nitrogen functional groups attached to an aromatic ring is 1. The van der Waals surface area contributed by atoms with E-state index < -0.39 is 0 Å². The Balaban J connectivity index is 2.20. The summed E-state index contributed by atoms with van der Waals surface area (Å²) in [6, 6.07) is 7.27. The first kappa shape index (κ1) is 13.1. The molecule has 0 saturated heterocycles. The van der Waals surface area contributed by atoms with Crippen LogP contribution >= 0.6 is 0 Å². The molecule has 3 N–H and O–H groups in total. The molecule has 1 aromatic carbocycles. The van der Waals surface area contributed by atoms with Gasteiger partial charge in [0.25, 0.3) is 0 Å². The summed E-state index contributed by atoms with van der Waals surface area (Å²) in [6.07, 6.45) is 5.24. The zero-order chi connectivity index (χ0) is 13.7. The van der Waals surface area contributed by atoms with Gasteiger partial charge in [0.1, 0.15) is 5.82 Å². The lowest BCUT2D eigenvalue weighted by Crippen LogP contribution is -2.11. The second-order valence-electron chi connectivity index (χ2n) is 4.38. The average molecular weight is 258 g/mol. The molecule has 2 rings (SSSR count). The van der Waals surface area contributed by atoms with Crippen LogP contribution in [0.4, 0.5) is 5.69 Å². The van der Waals surface area contributed by atoms with Crippen molar-refractivity contribution in [3.05, 3.63) is 48.0 Å². The Hall–Kier alpha value is -2.30. The van der Waals surface area contributed by atoms with Crippen molar-refractivity contribution in [2.75, 3.05) is 5.73 Å². The molecule has 1 aromatic heterocycles. The third-order valence-electron chi connectivity index (χ3n) is 2.96. The molecular weight excluding hydrogens is 240 g/mol. The molecule has 0 saturated carbocycles. The average Bonchev–Trinajstić information content (AvgIpc) is 2.85. The van der Waals surface area contributed by atoms with E-state index in [1.807, 2.05) is 18.3 Å². The SMILES string of the molecule is CCCn1ccnc1CC(=NO)c1ccc(N)cc1. The normalized spacial score (nSPS) is 11.7. The number of anilines is 1. The fourth-order valence-electron chi connectivity index (χ4n) is 1.97. The van der Waals surface area contributed by atoms with Crippen molar-refractivity contribution in [3.8, 4) is 0 Å². The summed E-state index contributed by atoms with van der Waals surface area (Å²) >= 11 is 0. The van der Waals surface area contributed by atoms with Crippen molar-refractivity contribution in [3.63, 3.8) is 0 Å². The molecule has 5 heteroatoms. The van der Waals surface area contributed by atoms with Gasteiger partial charge in [-0.3, -0.25) is 0 Å². The van der Waals surface area contributed by atoms with Crippen LogP contribution < -0.4 is 5.73 Å². The Morgan fingerprint density at radius 2 is 2.11 bits per heavy atom. The minimum atomic E-state index is 0.493. The Morgan fingerprint density at radius 1 is 1.37 bits per heavy atom. The summed E-state index contributed by atoms with van der Waals surface area (Å²) in [5.74, 6) is 0.895. The van der Waals surface area contributed by atoms with Gasteiger partial charge in [-0.05, 0) is 24.1 Å². The number of nitrogens with zero attached hydrogens (tertiary/aromatic N) is 3. The maximum Gasteiger partial charge on any atom is 0.114 e. The summed E-state index contributed by atoms with van der Waals surface area (Å²) < 4.78 is 2.07. The fourth-order valence-corrected chi connectivity index (χ4v) is 1.97. The van der Waals surface area contributed by atoms with Crippen LogP contribution in [0.1, 0.15) is 24.7 Å². The van der Waals surface area contributed by atoms with Crippen LogP contribution in [0, 0.1) is 0 Å². The van der Waals surface area contributed by atoms with E-state index in [4.69, 9.17) is 5.73 Å².